The molecule has 2 aromatic carbocycles. The SMILES string of the molecule is CCCCOCCOc1ccc(-c2cc(C=CC(=O)O)c3c(c2)CCCN3C)cc1. The number of carboxylic acid groups (broad SMARTS) is 1. The van der Waals surface area contributed by atoms with Gasteiger partial charge in [-0.15, -0.1) is 0 Å². The van der Waals surface area contributed by atoms with Crippen molar-refractivity contribution >= 4 is 17.7 Å². The molecule has 0 amide bonds. The van der Waals surface area contributed by atoms with Gasteiger partial charge in [0.25, 0.3) is 0 Å². The predicted molar refractivity (Wildman–Crippen MR) is 121 cm³/mol. The number of carboxylic acids is 1. The molecule has 0 saturated heterocycles. The lowest BCUT2D eigenvalue weighted by atomic mass is 9.92. The third kappa shape index (κ3) is 5.86. The van der Waals surface area contributed by atoms with Gasteiger partial charge < -0.3 is 19.5 Å². The highest BCUT2D eigenvalue weighted by Gasteiger charge is 2.18. The topological polar surface area (TPSA) is 59.0 Å². The lowest BCUT2D eigenvalue weighted by molar-refractivity contribution is -0.131. The zero-order chi connectivity index (χ0) is 21.3. The van der Waals surface area contributed by atoms with Crippen LogP contribution in [0.1, 0.15) is 37.3 Å². The number of carbonyl (C=O) groups is 1. The Hall–Kier alpha value is -2.79. The number of rotatable bonds is 10. The van der Waals surface area contributed by atoms with Gasteiger partial charge in [0.05, 0.1) is 6.61 Å². The molecule has 0 spiro atoms. The summed E-state index contributed by atoms with van der Waals surface area (Å²) < 4.78 is 11.3. The maximum Gasteiger partial charge on any atom is 0.328 e. The molecule has 0 fully saturated rings. The molecule has 160 valence electrons. The third-order valence-corrected chi connectivity index (χ3v) is 5.27. The zero-order valence-corrected chi connectivity index (χ0v) is 17.9. The monoisotopic (exact) mass is 409 g/mol. The van der Waals surface area contributed by atoms with Crippen molar-refractivity contribution in [2.75, 3.05) is 38.3 Å². The van der Waals surface area contributed by atoms with Crippen molar-refractivity contribution in [2.45, 2.75) is 32.6 Å². The van der Waals surface area contributed by atoms with Crippen molar-refractivity contribution in [3.8, 4) is 16.9 Å². The van der Waals surface area contributed by atoms with E-state index in [0.29, 0.717) is 13.2 Å². The fraction of sp³-hybridized carbons (Fsp3) is 0.400. The molecule has 0 unspecified atom stereocenters. The van der Waals surface area contributed by atoms with Crippen LogP contribution in [-0.4, -0.2) is 44.5 Å². The number of benzene rings is 2. The fourth-order valence-corrected chi connectivity index (χ4v) is 3.76. The van der Waals surface area contributed by atoms with Gasteiger partial charge in [-0.1, -0.05) is 25.5 Å². The van der Waals surface area contributed by atoms with Crippen LogP contribution >= 0.6 is 0 Å². The van der Waals surface area contributed by atoms with Crippen LogP contribution < -0.4 is 9.64 Å². The number of hydrogen-bond donors (Lipinski definition) is 1. The van der Waals surface area contributed by atoms with Crippen molar-refractivity contribution in [1.82, 2.24) is 0 Å². The van der Waals surface area contributed by atoms with E-state index in [4.69, 9.17) is 14.6 Å². The molecule has 1 aliphatic heterocycles. The van der Waals surface area contributed by atoms with Crippen molar-refractivity contribution in [3.05, 3.63) is 53.6 Å². The van der Waals surface area contributed by atoms with Gasteiger partial charge in [0, 0.05) is 32.0 Å². The maximum absolute atomic E-state index is 11.1. The standard InChI is InChI=1S/C25H31NO4/c1-3-4-14-29-15-16-30-23-10-7-19(8-11-23)22-17-20-6-5-13-26(2)25(20)21(18-22)9-12-24(27)28/h7-12,17-18H,3-6,13-16H2,1-2H3,(H,27,28). The van der Waals surface area contributed by atoms with E-state index >= 15 is 0 Å². The number of aliphatic carboxylic acids is 1. The first-order valence-electron chi connectivity index (χ1n) is 10.7. The van der Waals surface area contributed by atoms with E-state index in [1.807, 2.05) is 24.3 Å². The summed E-state index contributed by atoms with van der Waals surface area (Å²) in [6, 6.07) is 12.3. The van der Waals surface area contributed by atoms with Crippen LogP contribution in [0.4, 0.5) is 5.69 Å². The highest BCUT2D eigenvalue weighted by atomic mass is 16.5. The molecule has 5 heteroatoms. The van der Waals surface area contributed by atoms with E-state index in [9.17, 15) is 4.79 Å². The summed E-state index contributed by atoms with van der Waals surface area (Å²) in [5, 5.41) is 9.07. The third-order valence-electron chi connectivity index (χ3n) is 5.27. The second-order valence-electron chi connectivity index (χ2n) is 7.61. The molecule has 0 atom stereocenters. The van der Waals surface area contributed by atoms with E-state index < -0.39 is 5.97 Å². The van der Waals surface area contributed by atoms with Gasteiger partial charge >= 0.3 is 5.97 Å². The van der Waals surface area contributed by atoms with Crippen molar-refractivity contribution < 1.29 is 19.4 Å². The Morgan fingerprint density at radius 1 is 1.13 bits per heavy atom. The molecule has 30 heavy (non-hydrogen) atoms. The molecule has 1 heterocycles. The van der Waals surface area contributed by atoms with Crippen LogP contribution in [0.5, 0.6) is 5.75 Å². The Labute approximate surface area is 178 Å². The molecule has 0 radical (unpaired) electrons. The lowest BCUT2D eigenvalue weighted by Gasteiger charge is -2.30. The van der Waals surface area contributed by atoms with E-state index in [1.54, 1.807) is 6.08 Å². The van der Waals surface area contributed by atoms with Gasteiger partial charge in [0.15, 0.2) is 0 Å². The summed E-state index contributed by atoms with van der Waals surface area (Å²) >= 11 is 0. The minimum Gasteiger partial charge on any atom is -0.491 e. The van der Waals surface area contributed by atoms with Crippen LogP contribution in [0.15, 0.2) is 42.5 Å². The highest BCUT2D eigenvalue weighted by Crippen LogP contribution is 2.36. The summed E-state index contributed by atoms with van der Waals surface area (Å²) in [7, 11) is 2.06. The first-order chi connectivity index (χ1) is 14.6. The Balaban J connectivity index is 1.75. The van der Waals surface area contributed by atoms with Crippen molar-refractivity contribution in [2.24, 2.45) is 0 Å². The number of nitrogens with zero attached hydrogens (tertiary/aromatic N) is 1. The number of hydrogen-bond acceptors (Lipinski definition) is 4. The molecule has 3 rings (SSSR count). The molecule has 0 saturated carbocycles. The summed E-state index contributed by atoms with van der Waals surface area (Å²) in [5.74, 6) is -0.116. The average Bonchev–Trinajstić information content (AvgIpc) is 2.75. The number of anilines is 1. The molecule has 1 aliphatic rings. The molecule has 0 aliphatic carbocycles. The average molecular weight is 410 g/mol. The molecule has 1 N–H and O–H groups in total. The van der Waals surface area contributed by atoms with Gasteiger partial charge in [-0.2, -0.15) is 0 Å². The Morgan fingerprint density at radius 3 is 2.67 bits per heavy atom. The van der Waals surface area contributed by atoms with E-state index in [2.05, 4.69) is 31.0 Å². The highest BCUT2D eigenvalue weighted by molar-refractivity contribution is 5.88. The number of fused-ring (bicyclic) bond motifs is 1. The quantitative estimate of drug-likeness (QED) is 0.441. The van der Waals surface area contributed by atoms with E-state index in [0.717, 1.165) is 67.0 Å². The van der Waals surface area contributed by atoms with Crippen LogP contribution in [0.3, 0.4) is 0 Å². The van der Waals surface area contributed by atoms with Crippen LogP contribution in [-0.2, 0) is 16.0 Å². The first-order valence-corrected chi connectivity index (χ1v) is 10.7. The zero-order valence-electron chi connectivity index (χ0n) is 17.9. The molecular formula is C25H31NO4. The maximum atomic E-state index is 11.1. The van der Waals surface area contributed by atoms with E-state index in [-0.39, 0.29) is 0 Å². The van der Waals surface area contributed by atoms with Gasteiger partial charge in [-0.05, 0) is 71.9 Å². The van der Waals surface area contributed by atoms with Crippen LogP contribution in [0.25, 0.3) is 17.2 Å². The number of unbranched alkanes of at least 4 members (excludes halogenated alkanes) is 1. The molecular weight excluding hydrogens is 378 g/mol. The Bertz CT molecular complexity index is 873. The number of ether oxygens (including phenoxy) is 2. The summed E-state index contributed by atoms with van der Waals surface area (Å²) in [6.45, 7) is 5.05. The second kappa shape index (κ2) is 10.8. The van der Waals surface area contributed by atoms with Gasteiger partial charge in [0.2, 0.25) is 0 Å². The van der Waals surface area contributed by atoms with E-state index in [1.165, 1.54) is 11.6 Å². The Morgan fingerprint density at radius 2 is 1.93 bits per heavy atom. The minimum absolute atomic E-state index is 0.540. The van der Waals surface area contributed by atoms with Crippen molar-refractivity contribution in [1.29, 1.82) is 0 Å². The van der Waals surface area contributed by atoms with Gasteiger partial charge in [-0.25, -0.2) is 4.79 Å². The number of aryl methyl sites for hydroxylation is 1. The van der Waals surface area contributed by atoms with Gasteiger partial charge in [0.1, 0.15) is 12.4 Å². The van der Waals surface area contributed by atoms with Gasteiger partial charge in [-0.3, -0.25) is 0 Å². The molecule has 5 nitrogen and oxygen atoms in total. The predicted octanol–water partition coefficient (Wildman–Crippen LogP) is 5.03. The molecule has 2 aromatic rings. The smallest absolute Gasteiger partial charge is 0.328 e. The Kier molecular flexibility index (Phi) is 7.91. The van der Waals surface area contributed by atoms with Crippen LogP contribution in [0.2, 0.25) is 0 Å². The normalized spacial score (nSPS) is 13.5. The van der Waals surface area contributed by atoms with Crippen molar-refractivity contribution in [3.63, 3.8) is 0 Å². The molecule has 0 aromatic heterocycles. The van der Waals surface area contributed by atoms with Crippen LogP contribution in [0, 0.1) is 0 Å². The largest absolute Gasteiger partial charge is 0.491 e. The lowest BCUT2D eigenvalue weighted by Crippen LogP contribution is -2.25. The molecule has 0 bridgehead atoms. The first kappa shape index (κ1) is 21.9. The minimum atomic E-state index is -0.937. The summed E-state index contributed by atoms with van der Waals surface area (Å²) in [6.07, 6.45) is 7.22. The fourth-order valence-electron chi connectivity index (χ4n) is 3.76. The summed E-state index contributed by atoms with van der Waals surface area (Å²) in [4.78, 5) is 13.3. The summed E-state index contributed by atoms with van der Waals surface area (Å²) in [5.41, 5.74) is 5.50. The second-order valence-corrected chi connectivity index (χ2v) is 7.61.